The third-order valence-corrected chi connectivity index (χ3v) is 2.93. The molecule has 0 aliphatic heterocycles. The molecule has 2 aromatic rings. The summed E-state index contributed by atoms with van der Waals surface area (Å²) in [4.78, 5) is 11.2. The molecule has 0 saturated heterocycles. The zero-order valence-electron chi connectivity index (χ0n) is 11.3. The van der Waals surface area contributed by atoms with Crippen LogP contribution >= 0.6 is 11.6 Å². The molecule has 0 spiro atoms. The van der Waals surface area contributed by atoms with Gasteiger partial charge in [0, 0.05) is 5.69 Å². The van der Waals surface area contributed by atoms with Crippen molar-refractivity contribution in [1.29, 1.82) is 0 Å². The van der Waals surface area contributed by atoms with E-state index in [1.807, 2.05) is 6.92 Å². The molecule has 0 saturated carbocycles. The predicted molar refractivity (Wildman–Crippen MR) is 80.5 cm³/mol. The number of anilines is 1. The molecular formula is C15H14ClNO4. The van der Waals surface area contributed by atoms with Crippen LogP contribution in [-0.2, 0) is 0 Å². The first-order valence-electron chi connectivity index (χ1n) is 6.24. The SMILES string of the molecule is CCOc1ccc(Oc2c(Cl)cc(N)cc2C(=O)O)cc1. The van der Waals surface area contributed by atoms with Crippen molar-refractivity contribution in [1.82, 2.24) is 0 Å². The molecule has 0 unspecified atom stereocenters. The molecule has 0 atom stereocenters. The van der Waals surface area contributed by atoms with Gasteiger partial charge in [-0.25, -0.2) is 4.79 Å². The van der Waals surface area contributed by atoms with Crippen molar-refractivity contribution >= 4 is 23.3 Å². The summed E-state index contributed by atoms with van der Waals surface area (Å²) in [6, 6.07) is 9.54. The highest BCUT2D eigenvalue weighted by Gasteiger charge is 2.17. The molecule has 0 amide bonds. The van der Waals surface area contributed by atoms with Crippen molar-refractivity contribution in [3.8, 4) is 17.2 Å². The Bertz CT molecular complexity index is 655. The van der Waals surface area contributed by atoms with Gasteiger partial charge in [0.15, 0.2) is 5.75 Å². The quantitative estimate of drug-likeness (QED) is 0.821. The number of carbonyl (C=O) groups is 1. The Kier molecular flexibility index (Phi) is 4.55. The fraction of sp³-hybridized carbons (Fsp3) is 0.133. The van der Waals surface area contributed by atoms with E-state index in [1.54, 1.807) is 24.3 Å². The molecule has 0 aliphatic carbocycles. The number of benzene rings is 2. The van der Waals surface area contributed by atoms with Gasteiger partial charge in [-0.05, 0) is 43.3 Å². The van der Waals surface area contributed by atoms with Crippen LogP contribution < -0.4 is 15.2 Å². The molecule has 0 aromatic heterocycles. The van der Waals surface area contributed by atoms with Gasteiger partial charge in [0.25, 0.3) is 0 Å². The molecule has 110 valence electrons. The van der Waals surface area contributed by atoms with Crippen molar-refractivity contribution in [2.24, 2.45) is 0 Å². The minimum Gasteiger partial charge on any atom is -0.494 e. The number of carboxylic acid groups (broad SMARTS) is 1. The van der Waals surface area contributed by atoms with E-state index in [0.717, 1.165) is 0 Å². The fourth-order valence-electron chi connectivity index (χ4n) is 1.77. The molecule has 3 N–H and O–H groups in total. The van der Waals surface area contributed by atoms with E-state index in [9.17, 15) is 9.90 Å². The molecule has 2 aromatic carbocycles. The summed E-state index contributed by atoms with van der Waals surface area (Å²) in [7, 11) is 0. The van der Waals surface area contributed by atoms with Crippen LogP contribution in [0, 0.1) is 0 Å². The lowest BCUT2D eigenvalue weighted by Gasteiger charge is -2.12. The Hall–Kier alpha value is -2.40. The van der Waals surface area contributed by atoms with Gasteiger partial charge in [-0.2, -0.15) is 0 Å². The highest BCUT2D eigenvalue weighted by Crippen LogP contribution is 2.35. The van der Waals surface area contributed by atoms with Crippen LogP contribution in [0.25, 0.3) is 0 Å². The minimum atomic E-state index is -1.16. The molecule has 0 heterocycles. The largest absolute Gasteiger partial charge is 0.494 e. The number of nitrogen functional groups attached to an aromatic ring is 1. The summed E-state index contributed by atoms with van der Waals surface area (Å²) in [6.07, 6.45) is 0. The normalized spacial score (nSPS) is 10.2. The molecule has 2 rings (SSSR count). The summed E-state index contributed by atoms with van der Waals surface area (Å²) in [6.45, 7) is 2.45. The molecule has 0 fully saturated rings. The zero-order valence-corrected chi connectivity index (χ0v) is 12.1. The number of hydrogen-bond donors (Lipinski definition) is 2. The number of hydrogen-bond acceptors (Lipinski definition) is 4. The summed E-state index contributed by atoms with van der Waals surface area (Å²) >= 11 is 6.02. The van der Waals surface area contributed by atoms with Gasteiger partial charge in [-0.1, -0.05) is 11.6 Å². The van der Waals surface area contributed by atoms with Crippen molar-refractivity contribution in [2.45, 2.75) is 6.92 Å². The van der Waals surface area contributed by atoms with Gasteiger partial charge in [0.2, 0.25) is 0 Å². The van der Waals surface area contributed by atoms with Gasteiger partial charge in [0.1, 0.15) is 17.1 Å². The van der Waals surface area contributed by atoms with E-state index >= 15 is 0 Å². The first kappa shape index (κ1) is 15.0. The Balaban J connectivity index is 2.32. The van der Waals surface area contributed by atoms with Gasteiger partial charge >= 0.3 is 5.97 Å². The van der Waals surface area contributed by atoms with E-state index in [0.29, 0.717) is 18.1 Å². The lowest BCUT2D eigenvalue weighted by molar-refractivity contribution is 0.0694. The lowest BCUT2D eigenvalue weighted by atomic mass is 10.2. The maximum atomic E-state index is 11.2. The topological polar surface area (TPSA) is 81.8 Å². The lowest BCUT2D eigenvalue weighted by Crippen LogP contribution is -2.02. The van der Waals surface area contributed by atoms with Crippen LogP contribution in [0.3, 0.4) is 0 Å². The molecule has 0 aliphatic rings. The Morgan fingerprint density at radius 2 is 1.86 bits per heavy atom. The third kappa shape index (κ3) is 3.58. The molecule has 21 heavy (non-hydrogen) atoms. The Morgan fingerprint density at radius 1 is 1.24 bits per heavy atom. The van der Waals surface area contributed by atoms with Gasteiger partial charge in [-0.3, -0.25) is 0 Å². The zero-order chi connectivity index (χ0) is 15.4. The van der Waals surface area contributed by atoms with E-state index in [4.69, 9.17) is 26.8 Å². The van der Waals surface area contributed by atoms with Crippen molar-refractivity contribution < 1.29 is 19.4 Å². The van der Waals surface area contributed by atoms with Crippen LogP contribution in [-0.4, -0.2) is 17.7 Å². The number of aromatic carboxylic acids is 1. The summed E-state index contributed by atoms with van der Waals surface area (Å²) in [5, 5.41) is 9.33. The van der Waals surface area contributed by atoms with Crippen molar-refractivity contribution in [3.05, 3.63) is 47.0 Å². The maximum absolute atomic E-state index is 11.2. The first-order valence-corrected chi connectivity index (χ1v) is 6.62. The van der Waals surface area contributed by atoms with Crippen LogP contribution in [0.15, 0.2) is 36.4 Å². The smallest absolute Gasteiger partial charge is 0.339 e. The monoisotopic (exact) mass is 307 g/mol. The van der Waals surface area contributed by atoms with Gasteiger partial charge in [-0.15, -0.1) is 0 Å². The highest BCUT2D eigenvalue weighted by atomic mass is 35.5. The molecular weight excluding hydrogens is 294 g/mol. The Morgan fingerprint density at radius 3 is 2.43 bits per heavy atom. The number of carboxylic acids is 1. The van der Waals surface area contributed by atoms with Crippen LogP contribution in [0.1, 0.15) is 17.3 Å². The second kappa shape index (κ2) is 6.37. The Labute approximate surface area is 126 Å². The maximum Gasteiger partial charge on any atom is 0.339 e. The van der Waals surface area contributed by atoms with Crippen LogP contribution in [0.2, 0.25) is 5.02 Å². The van der Waals surface area contributed by atoms with Crippen LogP contribution in [0.5, 0.6) is 17.2 Å². The first-order chi connectivity index (χ1) is 10.0. The number of nitrogens with two attached hydrogens (primary N) is 1. The molecule has 0 radical (unpaired) electrons. The molecule has 5 nitrogen and oxygen atoms in total. The second-order valence-corrected chi connectivity index (χ2v) is 4.60. The predicted octanol–water partition coefficient (Wildman–Crippen LogP) is 3.81. The van der Waals surface area contributed by atoms with E-state index in [2.05, 4.69) is 0 Å². The standard InChI is InChI=1S/C15H14ClNO4/c1-2-20-10-3-5-11(6-4-10)21-14-12(15(18)19)7-9(17)8-13(14)16/h3-8H,2,17H2,1H3,(H,18,19). The average Bonchev–Trinajstić information content (AvgIpc) is 2.43. The van der Waals surface area contributed by atoms with Gasteiger partial charge < -0.3 is 20.3 Å². The van der Waals surface area contributed by atoms with Crippen molar-refractivity contribution in [2.75, 3.05) is 12.3 Å². The minimum absolute atomic E-state index is 0.0579. The van der Waals surface area contributed by atoms with E-state index in [-0.39, 0.29) is 22.0 Å². The summed E-state index contributed by atoms with van der Waals surface area (Å²) in [5.41, 5.74) is 5.76. The number of ether oxygens (including phenoxy) is 2. The van der Waals surface area contributed by atoms with E-state index in [1.165, 1.54) is 12.1 Å². The van der Waals surface area contributed by atoms with Gasteiger partial charge in [0.05, 0.1) is 11.6 Å². The van der Waals surface area contributed by atoms with Crippen LogP contribution in [0.4, 0.5) is 5.69 Å². The second-order valence-electron chi connectivity index (χ2n) is 4.19. The summed E-state index contributed by atoms with van der Waals surface area (Å²) in [5.74, 6) is 0.0481. The average molecular weight is 308 g/mol. The van der Waals surface area contributed by atoms with Crippen molar-refractivity contribution in [3.63, 3.8) is 0 Å². The summed E-state index contributed by atoms with van der Waals surface area (Å²) < 4.78 is 10.9. The third-order valence-electron chi connectivity index (χ3n) is 2.65. The number of rotatable bonds is 5. The molecule has 0 bridgehead atoms. The number of halogens is 1. The molecule has 6 heteroatoms. The highest BCUT2D eigenvalue weighted by molar-refractivity contribution is 6.33. The fourth-order valence-corrected chi connectivity index (χ4v) is 2.03. The van der Waals surface area contributed by atoms with E-state index < -0.39 is 5.97 Å².